The van der Waals surface area contributed by atoms with E-state index in [-0.39, 0.29) is 24.0 Å². The molecule has 1 atom stereocenters. The van der Waals surface area contributed by atoms with Crippen LogP contribution in [0.2, 0.25) is 0 Å². The Labute approximate surface area is 180 Å². The molecule has 2 N–H and O–H groups in total. The molecule has 0 radical (unpaired) electrons. The molecule has 1 saturated heterocycles. The zero-order chi connectivity index (χ0) is 19.0. The fraction of sp³-hybridized carbons (Fsp3) is 0.765. The molecule has 1 fully saturated rings. The normalized spacial score (nSPS) is 18.4. The second-order valence-corrected chi connectivity index (χ2v) is 7.42. The lowest BCUT2D eigenvalue weighted by Gasteiger charge is -2.14. The Balaban J connectivity index is 0.00000364. The average molecular weight is 519 g/mol. The Morgan fingerprint density at radius 2 is 2.15 bits per heavy atom. The van der Waals surface area contributed by atoms with Gasteiger partial charge >= 0.3 is 6.18 Å². The Morgan fingerprint density at radius 3 is 2.78 bits per heavy atom. The first-order valence-corrected chi connectivity index (χ1v) is 10.1. The number of aliphatic imine (C=N–C) groups is 1. The van der Waals surface area contributed by atoms with Gasteiger partial charge in [-0.15, -0.1) is 35.3 Å². The summed E-state index contributed by atoms with van der Waals surface area (Å²) in [5.41, 5.74) is -0.809. The highest BCUT2D eigenvalue weighted by Gasteiger charge is 2.33. The van der Waals surface area contributed by atoms with Crippen molar-refractivity contribution in [3.8, 4) is 0 Å². The first-order chi connectivity index (χ1) is 12.4. The second kappa shape index (κ2) is 12.1. The number of alkyl halides is 3. The molecular formula is C17H29F3IN5S. The van der Waals surface area contributed by atoms with E-state index < -0.39 is 11.9 Å². The molecule has 0 saturated carbocycles. The maximum atomic E-state index is 12.6. The topological polar surface area (TPSA) is 52.5 Å². The van der Waals surface area contributed by atoms with Crippen molar-refractivity contribution in [2.75, 3.05) is 39.3 Å². The van der Waals surface area contributed by atoms with Crippen LogP contribution in [0.15, 0.2) is 10.4 Å². The summed E-state index contributed by atoms with van der Waals surface area (Å²) in [5, 5.41) is 7.92. The van der Waals surface area contributed by atoms with E-state index in [1.54, 1.807) is 0 Å². The standard InChI is InChI=1S/C17H28F3N5S.HI/c1-3-8-25-9-6-13(11-25)10-23-16(21-4-2)22-7-5-15-24-14(12-26-15)17(18,19)20;/h12-13H,3-11H2,1-2H3,(H2,21,22,23);1H. The zero-order valence-electron chi connectivity index (χ0n) is 15.8. The summed E-state index contributed by atoms with van der Waals surface area (Å²) < 4.78 is 37.7. The molecule has 1 aromatic rings. The molecule has 10 heteroatoms. The maximum absolute atomic E-state index is 12.6. The minimum absolute atomic E-state index is 0. The number of guanidine groups is 1. The summed E-state index contributed by atoms with van der Waals surface area (Å²) in [6.07, 6.45) is -1.58. The van der Waals surface area contributed by atoms with Crippen molar-refractivity contribution >= 4 is 41.3 Å². The van der Waals surface area contributed by atoms with Crippen molar-refractivity contribution in [3.63, 3.8) is 0 Å². The SMILES string of the molecule is CCCN1CCC(CN=C(NCC)NCCc2nc(C(F)(F)F)cs2)C1.I. The van der Waals surface area contributed by atoms with Crippen molar-refractivity contribution in [2.45, 2.75) is 39.3 Å². The molecule has 1 aliphatic heterocycles. The van der Waals surface area contributed by atoms with Crippen molar-refractivity contribution < 1.29 is 13.2 Å². The lowest BCUT2D eigenvalue weighted by molar-refractivity contribution is -0.140. The van der Waals surface area contributed by atoms with Gasteiger partial charge in [-0.1, -0.05) is 6.92 Å². The third kappa shape index (κ3) is 8.51. The predicted molar refractivity (Wildman–Crippen MR) is 115 cm³/mol. The van der Waals surface area contributed by atoms with Crippen LogP contribution >= 0.6 is 35.3 Å². The lowest BCUT2D eigenvalue weighted by atomic mass is 10.1. The Bertz CT molecular complexity index is 579. The molecule has 156 valence electrons. The van der Waals surface area contributed by atoms with Gasteiger partial charge in [0.05, 0.1) is 5.01 Å². The molecule has 0 amide bonds. The molecule has 0 aliphatic carbocycles. The summed E-state index contributed by atoms with van der Waals surface area (Å²) in [5.74, 6) is 1.29. The zero-order valence-corrected chi connectivity index (χ0v) is 19.0. The van der Waals surface area contributed by atoms with Gasteiger partial charge in [0, 0.05) is 38.0 Å². The Kier molecular flexibility index (Phi) is 10.9. The number of nitrogens with one attached hydrogen (secondary N) is 2. The highest BCUT2D eigenvalue weighted by molar-refractivity contribution is 14.0. The van der Waals surface area contributed by atoms with E-state index >= 15 is 0 Å². The number of likely N-dealkylation sites (tertiary alicyclic amines) is 1. The van der Waals surface area contributed by atoms with Gasteiger partial charge in [-0.25, -0.2) is 4.98 Å². The first kappa shape index (κ1) is 24.4. The fourth-order valence-electron chi connectivity index (χ4n) is 2.99. The third-order valence-corrected chi connectivity index (χ3v) is 5.14. The molecule has 5 nitrogen and oxygen atoms in total. The monoisotopic (exact) mass is 519 g/mol. The van der Waals surface area contributed by atoms with E-state index in [4.69, 9.17) is 0 Å². The van der Waals surface area contributed by atoms with Crippen molar-refractivity contribution in [2.24, 2.45) is 10.9 Å². The van der Waals surface area contributed by atoms with Gasteiger partial charge in [0.2, 0.25) is 0 Å². The van der Waals surface area contributed by atoms with Crippen molar-refractivity contribution in [1.29, 1.82) is 0 Å². The van der Waals surface area contributed by atoms with Crippen LogP contribution < -0.4 is 10.6 Å². The van der Waals surface area contributed by atoms with Crippen molar-refractivity contribution in [3.05, 3.63) is 16.1 Å². The summed E-state index contributed by atoms with van der Waals surface area (Å²) in [4.78, 5) is 10.8. The van der Waals surface area contributed by atoms with Crippen LogP contribution in [0.1, 0.15) is 37.4 Å². The van der Waals surface area contributed by atoms with E-state index in [0.717, 1.165) is 49.4 Å². The van der Waals surface area contributed by atoms with Crippen LogP contribution in [0.4, 0.5) is 13.2 Å². The number of halogens is 4. The molecule has 0 spiro atoms. The number of hydrogen-bond acceptors (Lipinski definition) is 4. The fourth-order valence-corrected chi connectivity index (χ4v) is 3.79. The number of nitrogens with zero attached hydrogens (tertiary/aromatic N) is 3. The van der Waals surface area contributed by atoms with Gasteiger partial charge in [-0.3, -0.25) is 4.99 Å². The van der Waals surface area contributed by atoms with Crippen LogP contribution in [0, 0.1) is 5.92 Å². The first-order valence-electron chi connectivity index (χ1n) is 9.18. The van der Waals surface area contributed by atoms with Crippen molar-refractivity contribution in [1.82, 2.24) is 20.5 Å². The quantitative estimate of drug-likeness (QED) is 0.313. The van der Waals surface area contributed by atoms with Gasteiger partial charge in [0.1, 0.15) is 0 Å². The summed E-state index contributed by atoms with van der Waals surface area (Å²) in [6.45, 7) is 9.58. The van der Waals surface area contributed by atoms with Gasteiger partial charge < -0.3 is 15.5 Å². The van der Waals surface area contributed by atoms with Crippen LogP contribution in [0.5, 0.6) is 0 Å². The highest BCUT2D eigenvalue weighted by atomic mass is 127. The van der Waals surface area contributed by atoms with Gasteiger partial charge in [-0.2, -0.15) is 13.2 Å². The van der Waals surface area contributed by atoms with E-state index in [2.05, 4.69) is 32.4 Å². The lowest BCUT2D eigenvalue weighted by Crippen LogP contribution is -2.38. The maximum Gasteiger partial charge on any atom is 0.434 e. The van der Waals surface area contributed by atoms with E-state index in [1.807, 2.05) is 6.92 Å². The summed E-state index contributed by atoms with van der Waals surface area (Å²) in [6, 6.07) is 0. The highest BCUT2D eigenvalue weighted by Crippen LogP contribution is 2.30. The molecule has 2 heterocycles. The number of rotatable bonds is 8. The third-order valence-electron chi connectivity index (χ3n) is 4.24. The van der Waals surface area contributed by atoms with E-state index in [0.29, 0.717) is 29.9 Å². The summed E-state index contributed by atoms with van der Waals surface area (Å²) >= 11 is 1.04. The smallest absolute Gasteiger partial charge is 0.357 e. The predicted octanol–water partition coefficient (Wildman–Crippen LogP) is 3.61. The van der Waals surface area contributed by atoms with Crippen LogP contribution in [0.3, 0.4) is 0 Å². The molecule has 1 aromatic heterocycles. The van der Waals surface area contributed by atoms with Gasteiger partial charge in [-0.05, 0) is 38.8 Å². The molecule has 1 unspecified atom stereocenters. The molecule has 0 bridgehead atoms. The largest absolute Gasteiger partial charge is 0.434 e. The van der Waals surface area contributed by atoms with E-state index in [9.17, 15) is 13.2 Å². The molecule has 1 aliphatic rings. The molecule has 27 heavy (non-hydrogen) atoms. The van der Waals surface area contributed by atoms with Crippen LogP contribution in [-0.4, -0.2) is 55.1 Å². The molecule has 0 aromatic carbocycles. The number of aromatic nitrogens is 1. The van der Waals surface area contributed by atoms with Gasteiger partial charge in [0.25, 0.3) is 0 Å². The summed E-state index contributed by atoms with van der Waals surface area (Å²) in [7, 11) is 0. The van der Waals surface area contributed by atoms with Crippen LogP contribution in [-0.2, 0) is 12.6 Å². The minimum atomic E-state index is -4.37. The van der Waals surface area contributed by atoms with Crippen LogP contribution in [0.25, 0.3) is 0 Å². The number of thiazole rings is 1. The molecular weight excluding hydrogens is 490 g/mol. The number of hydrogen-bond donors (Lipinski definition) is 2. The Morgan fingerprint density at radius 1 is 1.37 bits per heavy atom. The minimum Gasteiger partial charge on any atom is -0.357 e. The Hall–Kier alpha value is -0.620. The average Bonchev–Trinajstić information content (AvgIpc) is 3.22. The van der Waals surface area contributed by atoms with Gasteiger partial charge in [0.15, 0.2) is 11.7 Å². The molecule has 2 rings (SSSR count). The second-order valence-electron chi connectivity index (χ2n) is 6.48. The van der Waals surface area contributed by atoms with E-state index in [1.165, 1.54) is 12.8 Å².